The van der Waals surface area contributed by atoms with Gasteiger partial charge in [-0.1, -0.05) is 26.7 Å². The van der Waals surface area contributed by atoms with E-state index in [1.54, 1.807) is 0 Å². The molecule has 0 saturated heterocycles. The minimum Gasteiger partial charge on any atom is -0.481 e. The third-order valence-electron chi connectivity index (χ3n) is 5.98. The average Bonchev–Trinajstić information content (AvgIpc) is 2.90. The van der Waals surface area contributed by atoms with Crippen LogP contribution in [0.25, 0.3) is 0 Å². The van der Waals surface area contributed by atoms with Crippen LogP contribution in [-0.4, -0.2) is 11.1 Å². The minimum absolute atomic E-state index is 0.00842. The number of fused-ring (bicyclic) bond motifs is 5. The molecule has 3 fully saturated rings. The highest BCUT2D eigenvalue weighted by Gasteiger charge is 2.60. The minimum atomic E-state index is -0.522. The van der Waals surface area contributed by atoms with Crippen molar-refractivity contribution in [2.45, 2.75) is 46.0 Å². The van der Waals surface area contributed by atoms with Crippen molar-refractivity contribution in [1.82, 2.24) is 0 Å². The van der Waals surface area contributed by atoms with Crippen molar-refractivity contribution >= 4 is 5.97 Å². The van der Waals surface area contributed by atoms with Gasteiger partial charge in [-0.2, -0.15) is 0 Å². The third-order valence-corrected chi connectivity index (χ3v) is 5.98. The van der Waals surface area contributed by atoms with Gasteiger partial charge in [0.15, 0.2) is 0 Å². The molecule has 3 saturated carbocycles. The number of hydrogen-bond donors (Lipinski definition) is 1. The van der Waals surface area contributed by atoms with Crippen molar-refractivity contribution in [2.75, 3.05) is 0 Å². The van der Waals surface area contributed by atoms with Crippen LogP contribution in [0.15, 0.2) is 0 Å². The molecule has 0 aromatic carbocycles. The van der Waals surface area contributed by atoms with Gasteiger partial charge < -0.3 is 5.11 Å². The Morgan fingerprint density at radius 2 is 2.00 bits per heavy atom. The van der Waals surface area contributed by atoms with Gasteiger partial charge in [0.1, 0.15) is 0 Å². The van der Waals surface area contributed by atoms with Gasteiger partial charge in [-0.3, -0.25) is 4.79 Å². The number of carbonyl (C=O) groups is 1. The molecular formula is C15H24O2. The van der Waals surface area contributed by atoms with Gasteiger partial charge >= 0.3 is 5.97 Å². The molecule has 3 aliphatic carbocycles. The molecule has 3 rings (SSSR count). The highest BCUT2D eigenvalue weighted by Crippen LogP contribution is 2.65. The van der Waals surface area contributed by atoms with E-state index in [0.29, 0.717) is 5.92 Å². The number of hydrogen-bond acceptors (Lipinski definition) is 1. The Hall–Kier alpha value is -0.530. The molecule has 2 heteroatoms. The van der Waals surface area contributed by atoms with Gasteiger partial charge in [0.05, 0.1) is 5.92 Å². The number of carboxylic acids is 1. The Balaban J connectivity index is 1.83. The smallest absolute Gasteiger partial charge is 0.306 e. The third kappa shape index (κ3) is 1.56. The first kappa shape index (κ1) is 11.6. The van der Waals surface area contributed by atoms with E-state index in [2.05, 4.69) is 13.8 Å². The summed E-state index contributed by atoms with van der Waals surface area (Å²) in [7, 11) is 0. The molecule has 2 nitrogen and oxygen atoms in total. The van der Waals surface area contributed by atoms with Crippen molar-refractivity contribution < 1.29 is 9.90 Å². The van der Waals surface area contributed by atoms with Gasteiger partial charge in [0, 0.05) is 0 Å². The zero-order valence-electron chi connectivity index (χ0n) is 10.9. The fourth-order valence-corrected chi connectivity index (χ4v) is 5.72. The second-order valence-electron chi connectivity index (χ2n) is 6.76. The standard InChI is InChI=1S/C15H24O2/c1-3-4-9-5-8(2)13-10-6-11(14(9)13)12(7-10)15(16)17/h8-14H,3-7H2,1-2H3,(H,16,17). The fourth-order valence-electron chi connectivity index (χ4n) is 5.72. The summed E-state index contributed by atoms with van der Waals surface area (Å²) in [4.78, 5) is 11.3. The van der Waals surface area contributed by atoms with Crippen molar-refractivity contribution in [1.29, 1.82) is 0 Å². The van der Waals surface area contributed by atoms with Crippen LogP contribution in [0.1, 0.15) is 46.0 Å². The van der Waals surface area contributed by atoms with Crippen LogP contribution in [0.5, 0.6) is 0 Å². The maximum atomic E-state index is 11.3. The van der Waals surface area contributed by atoms with Crippen molar-refractivity contribution in [3.63, 3.8) is 0 Å². The molecule has 0 amide bonds. The predicted molar refractivity (Wildman–Crippen MR) is 66.5 cm³/mol. The normalized spacial score (nSPS) is 51.8. The second-order valence-corrected chi connectivity index (χ2v) is 6.76. The summed E-state index contributed by atoms with van der Waals surface area (Å²) in [5, 5.41) is 9.34. The SMILES string of the molecule is CCCC1CC(C)C2C3CC(C(=O)O)C(C3)C12. The lowest BCUT2D eigenvalue weighted by Crippen LogP contribution is -2.33. The Morgan fingerprint density at radius 1 is 1.24 bits per heavy atom. The Bertz CT molecular complexity index is 325. The summed E-state index contributed by atoms with van der Waals surface area (Å²) >= 11 is 0. The summed E-state index contributed by atoms with van der Waals surface area (Å²) in [5.74, 6) is 4.03. The molecule has 2 bridgehead atoms. The van der Waals surface area contributed by atoms with Gasteiger partial charge in [0.2, 0.25) is 0 Å². The van der Waals surface area contributed by atoms with E-state index in [-0.39, 0.29) is 5.92 Å². The number of aliphatic carboxylic acids is 1. The van der Waals surface area contributed by atoms with Crippen LogP contribution in [0.2, 0.25) is 0 Å². The van der Waals surface area contributed by atoms with Crippen LogP contribution < -0.4 is 0 Å². The summed E-state index contributed by atoms with van der Waals surface area (Å²) in [5.41, 5.74) is 0. The largest absolute Gasteiger partial charge is 0.481 e. The van der Waals surface area contributed by atoms with E-state index in [1.807, 2.05) is 0 Å². The van der Waals surface area contributed by atoms with Gasteiger partial charge in [-0.05, 0) is 54.8 Å². The Kier molecular flexibility index (Phi) is 2.72. The van der Waals surface area contributed by atoms with Crippen LogP contribution in [-0.2, 0) is 4.79 Å². The first-order valence-corrected chi connectivity index (χ1v) is 7.36. The summed E-state index contributed by atoms with van der Waals surface area (Å²) in [6.07, 6.45) is 6.14. The lowest BCUT2D eigenvalue weighted by Gasteiger charge is -2.33. The van der Waals surface area contributed by atoms with E-state index in [1.165, 1.54) is 25.7 Å². The second kappa shape index (κ2) is 4.00. The van der Waals surface area contributed by atoms with Crippen molar-refractivity contribution in [3.8, 4) is 0 Å². The lowest BCUT2D eigenvalue weighted by molar-refractivity contribution is -0.145. The van der Waals surface area contributed by atoms with E-state index in [0.717, 1.165) is 36.0 Å². The average molecular weight is 236 g/mol. The lowest BCUT2D eigenvalue weighted by atomic mass is 9.71. The van der Waals surface area contributed by atoms with Crippen molar-refractivity contribution in [3.05, 3.63) is 0 Å². The topological polar surface area (TPSA) is 37.3 Å². The van der Waals surface area contributed by atoms with Crippen molar-refractivity contribution in [2.24, 2.45) is 41.4 Å². The number of carboxylic acid groups (broad SMARTS) is 1. The highest BCUT2D eigenvalue weighted by molar-refractivity contribution is 5.71. The summed E-state index contributed by atoms with van der Waals surface area (Å²) in [6.45, 7) is 4.67. The molecule has 0 heterocycles. The van der Waals surface area contributed by atoms with E-state index in [4.69, 9.17) is 0 Å². The maximum absolute atomic E-state index is 11.3. The maximum Gasteiger partial charge on any atom is 0.306 e. The van der Waals surface area contributed by atoms with Gasteiger partial charge in [-0.25, -0.2) is 0 Å². The molecule has 0 spiro atoms. The van der Waals surface area contributed by atoms with Crippen LogP contribution >= 0.6 is 0 Å². The Labute approximate surface area is 104 Å². The highest BCUT2D eigenvalue weighted by atomic mass is 16.4. The molecule has 0 aliphatic heterocycles. The zero-order chi connectivity index (χ0) is 12.2. The van der Waals surface area contributed by atoms with E-state index < -0.39 is 5.97 Å². The summed E-state index contributed by atoms with van der Waals surface area (Å²) < 4.78 is 0. The van der Waals surface area contributed by atoms with Crippen LogP contribution in [0.3, 0.4) is 0 Å². The first-order valence-electron chi connectivity index (χ1n) is 7.36. The monoisotopic (exact) mass is 236 g/mol. The molecule has 96 valence electrons. The molecule has 0 radical (unpaired) electrons. The molecular weight excluding hydrogens is 212 g/mol. The fraction of sp³-hybridized carbons (Fsp3) is 0.933. The molecule has 0 aromatic rings. The van der Waals surface area contributed by atoms with Gasteiger partial charge in [0.25, 0.3) is 0 Å². The van der Waals surface area contributed by atoms with E-state index >= 15 is 0 Å². The first-order chi connectivity index (χ1) is 8.13. The molecule has 7 unspecified atom stereocenters. The molecule has 0 aromatic heterocycles. The molecule has 17 heavy (non-hydrogen) atoms. The van der Waals surface area contributed by atoms with Crippen LogP contribution in [0.4, 0.5) is 0 Å². The predicted octanol–water partition coefficient (Wildman–Crippen LogP) is 3.42. The Morgan fingerprint density at radius 3 is 2.65 bits per heavy atom. The summed E-state index contributed by atoms with van der Waals surface area (Å²) in [6, 6.07) is 0. The van der Waals surface area contributed by atoms with Gasteiger partial charge in [-0.15, -0.1) is 0 Å². The molecule has 7 atom stereocenters. The quantitative estimate of drug-likeness (QED) is 0.815. The molecule has 1 N–H and O–H groups in total. The molecule has 3 aliphatic rings. The number of rotatable bonds is 3. The van der Waals surface area contributed by atoms with Crippen LogP contribution in [0, 0.1) is 41.4 Å². The zero-order valence-corrected chi connectivity index (χ0v) is 10.9. The van der Waals surface area contributed by atoms with E-state index in [9.17, 15) is 9.90 Å².